The molecule has 5 heteroatoms. The molecule has 2 heterocycles. The number of aromatic nitrogens is 2. The number of rotatable bonds is 4. The minimum Gasteiger partial charge on any atom is -0.465 e. The van der Waals surface area contributed by atoms with E-state index in [1.54, 1.807) is 24.4 Å². The van der Waals surface area contributed by atoms with Crippen molar-refractivity contribution in [3.8, 4) is 0 Å². The van der Waals surface area contributed by atoms with Gasteiger partial charge in [0.25, 0.3) is 0 Å². The van der Waals surface area contributed by atoms with Gasteiger partial charge in [-0.3, -0.25) is 9.78 Å². The minimum absolute atomic E-state index is 0.0350. The molecule has 0 fully saturated rings. The lowest BCUT2D eigenvalue weighted by atomic mass is 10.2. The van der Waals surface area contributed by atoms with Crippen molar-refractivity contribution in [2.45, 2.75) is 13.5 Å². The molecule has 2 aromatic rings. The topological polar surface area (TPSA) is 61.2 Å². The van der Waals surface area contributed by atoms with Gasteiger partial charge in [0.1, 0.15) is 0 Å². The smallest absolute Gasteiger partial charge is 0.339 e. The van der Waals surface area contributed by atoms with E-state index in [0.717, 1.165) is 5.69 Å². The van der Waals surface area contributed by atoms with Crippen molar-refractivity contribution in [3.05, 3.63) is 53.6 Å². The van der Waals surface area contributed by atoms with Crippen LogP contribution in [0.5, 0.6) is 0 Å². The molecule has 0 amide bonds. The molecule has 0 aliphatic rings. The van der Waals surface area contributed by atoms with E-state index in [1.165, 1.54) is 20.2 Å². The van der Waals surface area contributed by atoms with Crippen LogP contribution in [0, 0.1) is 0 Å². The second kappa shape index (κ2) is 5.48. The van der Waals surface area contributed by atoms with Crippen molar-refractivity contribution in [2.75, 3.05) is 7.11 Å². The standard InChI is InChI=1S/C14H14N2O3/c1-10(17)12-5-6-16(8-12)9-13-4-3-11(7-15-13)14(18)19-2/h3-8H,9H2,1-2H3. The first-order valence-electron chi connectivity index (χ1n) is 5.80. The number of pyridine rings is 1. The summed E-state index contributed by atoms with van der Waals surface area (Å²) in [5.41, 5.74) is 1.90. The van der Waals surface area contributed by atoms with Crippen molar-refractivity contribution < 1.29 is 14.3 Å². The SMILES string of the molecule is COC(=O)c1ccc(Cn2ccc(C(C)=O)c2)nc1. The molecule has 0 aliphatic heterocycles. The Hall–Kier alpha value is -2.43. The highest BCUT2D eigenvalue weighted by Crippen LogP contribution is 2.07. The summed E-state index contributed by atoms with van der Waals surface area (Å²) in [5.74, 6) is -0.369. The quantitative estimate of drug-likeness (QED) is 0.621. The fourth-order valence-electron chi connectivity index (χ4n) is 1.69. The summed E-state index contributed by atoms with van der Waals surface area (Å²) in [6.07, 6.45) is 5.08. The second-order valence-corrected chi connectivity index (χ2v) is 4.16. The molecule has 0 atom stereocenters. The third-order valence-corrected chi connectivity index (χ3v) is 2.75. The average Bonchev–Trinajstić information content (AvgIpc) is 2.87. The molecule has 0 spiro atoms. The number of methoxy groups -OCH3 is 1. The molecule has 2 aromatic heterocycles. The van der Waals surface area contributed by atoms with E-state index in [1.807, 2.05) is 10.8 Å². The van der Waals surface area contributed by atoms with Crippen LogP contribution in [0.15, 0.2) is 36.8 Å². The first-order chi connectivity index (χ1) is 9.10. The number of hydrogen-bond donors (Lipinski definition) is 0. The highest BCUT2D eigenvalue weighted by atomic mass is 16.5. The number of ether oxygens (including phenoxy) is 1. The van der Waals surface area contributed by atoms with Gasteiger partial charge in [-0.1, -0.05) is 0 Å². The Morgan fingerprint density at radius 2 is 2.05 bits per heavy atom. The molecule has 0 radical (unpaired) electrons. The van der Waals surface area contributed by atoms with Crippen molar-refractivity contribution in [1.82, 2.24) is 9.55 Å². The number of ketones is 1. The number of hydrogen-bond acceptors (Lipinski definition) is 4. The molecule has 0 N–H and O–H groups in total. The van der Waals surface area contributed by atoms with Gasteiger partial charge < -0.3 is 9.30 Å². The van der Waals surface area contributed by atoms with E-state index >= 15 is 0 Å². The minimum atomic E-state index is -0.404. The van der Waals surface area contributed by atoms with Gasteiger partial charge >= 0.3 is 5.97 Å². The highest BCUT2D eigenvalue weighted by molar-refractivity contribution is 5.93. The van der Waals surface area contributed by atoms with Gasteiger partial charge in [-0.15, -0.1) is 0 Å². The first-order valence-corrected chi connectivity index (χ1v) is 5.80. The van der Waals surface area contributed by atoms with E-state index < -0.39 is 5.97 Å². The summed E-state index contributed by atoms with van der Waals surface area (Å²) in [6, 6.07) is 5.20. The van der Waals surface area contributed by atoms with Crippen LogP contribution in [0.3, 0.4) is 0 Å². The summed E-state index contributed by atoms with van der Waals surface area (Å²) in [4.78, 5) is 26.6. The van der Waals surface area contributed by atoms with E-state index in [9.17, 15) is 9.59 Å². The Labute approximate surface area is 110 Å². The predicted octanol–water partition coefficient (Wildman–Crippen LogP) is 1.92. The maximum atomic E-state index is 11.3. The summed E-state index contributed by atoms with van der Waals surface area (Å²) in [5, 5.41) is 0. The number of carbonyl (C=O) groups excluding carboxylic acids is 2. The second-order valence-electron chi connectivity index (χ2n) is 4.16. The molecule has 0 saturated carbocycles. The molecule has 0 bridgehead atoms. The molecule has 0 unspecified atom stereocenters. The van der Waals surface area contributed by atoms with Crippen molar-refractivity contribution in [1.29, 1.82) is 0 Å². The van der Waals surface area contributed by atoms with Gasteiger partial charge in [0.15, 0.2) is 5.78 Å². The van der Waals surface area contributed by atoms with Crippen LogP contribution in [-0.2, 0) is 11.3 Å². The van der Waals surface area contributed by atoms with Crippen LogP contribution in [-0.4, -0.2) is 28.4 Å². The van der Waals surface area contributed by atoms with Crippen LogP contribution in [0.25, 0.3) is 0 Å². The highest BCUT2D eigenvalue weighted by Gasteiger charge is 2.06. The molecule has 0 aromatic carbocycles. The maximum Gasteiger partial charge on any atom is 0.339 e. The fraction of sp³-hybridized carbons (Fsp3) is 0.214. The Balaban J connectivity index is 2.10. The van der Waals surface area contributed by atoms with Gasteiger partial charge in [0.2, 0.25) is 0 Å². The first kappa shape index (κ1) is 13.0. The lowest BCUT2D eigenvalue weighted by molar-refractivity contribution is 0.0600. The van der Waals surface area contributed by atoms with Crippen LogP contribution >= 0.6 is 0 Å². The number of Topliss-reactive ketones (excluding diaryl/α,β-unsaturated/α-hetero) is 1. The normalized spacial score (nSPS) is 10.2. The molecule has 19 heavy (non-hydrogen) atoms. The van der Waals surface area contributed by atoms with Gasteiger partial charge in [-0.05, 0) is 25.1 Å². The lowest BCUT2D eigenvalue weighted by Gasteiger charge is -2.03. The number of esters is 1. The van der Waals surface area contributed by atoms with E-state index in [0.29, 0.717) is 17.7 Å². The van der Waals surface area contributed by atoms with Gasteiger partial charge in [0, 0.05) is 24.2 Å². The molecule has 0 saturated heterocycles. The average molecular weight is 258 g/mol. The third-order valence-electron chi connectivity index (χ3n) is 2.75. The summed E-state index contributed by atoms with van der Waals surface area (Å²) < 4.78 is 6.47. The van der Waals surface area contributed by atoms with Gasteiger partial charge in [-0.2, -0.15) is 0 Å². The molecule has 98 valence electrons. The molecular formula is C14H14N2O3. The molecular weight excluding hydrogens is 244 g/mol. The lowest BCUT2D eigenvalue weighted by Crippen LogP contribution is -2.04. The zero-order chi connectivity index (χ0) is 13.8. The largest absolute Gasteiger partial charge is 0.465 e. The Morgan fingerprint density at radius 1 is 1.26 bits per heavy atom. The summed E-state index contributed by atoms with van der Waals surface area (Å²) in [7, 11) is 1.33. The van der Waals surface area contributed by atoms with Crippen LogP contribution < -0.4 is 0 Å². The van der Waals surface area contributed by atoms with Gasteiger partial charge in [-0.25, -0.2) is 4.79 Å². The van der Waals surface area contributed by atoms with Gasteiger partial charge in [0.05, 0.1) is 24.9 Å². The Morgan fingerprint density at radius 3 is 2.58 bits per heavy atom. The zero-order valence-corrected chi connectivity index (χ0v) is 10.8. The molecule has 2 rings (SSSR count). The number of nitrogens with zero attached hydrogens (tertiary/aromatic N) is 2. The monoisotopic (exact) mass is 258 g/mol. The van der Waals surface area contributed by atoms with Crippen molar-refractivity contribution in [3.63, 3.8) is 0 Å². The third kappa shape index (κ3) is 3.07. The molecule has 0 aliphatic carbocycles. The summed E-state index contributed by atoms with van der Waals surface area (Å²) in [6.45, 7) is 2.08. The summed E-state index contributed by atoms with van der Waals surface area (Å²) >= 11 is 0. The number of carbonyl (C=O) groups is 2. The van der Waals surface area contributed by atoms with Crippen molar-refractivity contribution in [2.24, 2.45) is 0 Å². The zero-order valence-electron chi connectivity index (χ0n) is 10.8. The fourth-order valence-corrected chi connectivity index (χ4v) is 1.69. The van der Waals surface area contributed by atoms with Crippen molar-refractivity contribution >= 4 is 11.8 Å². The Kier molecular flexibility index (Phi) is 3.75. The van der Waals surface area contributed by atoms with E-state index in [-0.39, 0.29) is 5.78 Å². The van der Waals surface area contributed by atoms with E-state index in [4.69, 9.17) is 0 Å². The Bertz CT molecular complexity index is 599. The van der Waals surface area contributed by atoms with Crippen LogP contribution in [0.2, 0.25) is 0 Å². The van der Waals surface area contributed by atoms with Crippen LogP contribution in [0.1, 0.15) is 33.3 Å². The van der Waals surface area contributed by atoms with E-state index in [2.05, 4.69) is 9.72 Å². The maximum absolute atomic E-state index is 11.3. The predicted molar refractivity (Wildman–Crippen MR) is 69.1 cm³/mol. The molecule has 5 nitrogen and oxygen atoms in total. The van der Waals surface area contributed by atoms with Crippen LogP contribution in [0.4, 0.5) is 0 Å².